The molecule has 1 heterocycles. The Kier molecular flexibility index (Phi) is 7.39. The molecule has 5 nitrogen and oxygen atoms in total. The Labute approximate surface area is 169 Å². The fraction of sp³-hybridized carbons (Fsp3) is 0.364. The molecular formula is C22H26N2O3S. The minimum Gasteiger partial charge on any atom is -0.494 e. The Balaban J connectivity index is 1.86. The number of hydrogen-bond donors (Lipinski definition) is 0. The average Bonchev–Trinajstić information content (AvgIpc) is 3.04. The maximum atomic E-state index is 12.5. The van der Waals surface area contributed by atoms with E-state index in [0.717, 1.165) is 21.5 Å². The number of carbonyl (C=O) groups is 1. The van der Waals surface area contributed by atoms with Gasteiger partial charge in [-0.15, -0.1) is 0 Å². The van der Waals surface area contributed by atoms with Crippen LogP contribution < -0.4 is 9.54 Å². The SMILES string of the molecule is CCOCCn1c(=NC(=O)CCc2ccccc2)sc2cc(OCC)ccc21. The van der Waals surface area contributed by atoms with Gasteiger partial charge in [-0.05, 0) is 44.0 Å². The molecule has 148 valence electrons. The lowest BCUT2D eigenvalue weighted by Gasteiger charge is -2.06. The maximum absolute atomic E-state index is 12.5. The van der Waals surface area contributed by atoms with Crippen LogP contribution in [0.3, 0.4) is 0 Å². The third kappa shape index (κ3) is 5.30. The minimum absolute atomic E-state index is 0.106. The zero-order valence-corrected chi connectivity index (χ0v) is 17.2. The fourth-order valence-electron chi connectivity index (χ4n) is 2.97. The van der Waals surface area contributed by atoms with Crippen LogP contribution in [0.25, 0.3) is 10.2 Å². The monoisotopic (exact) mass is 398 g/mol. The number of rotatable bonds is 9. The van der Waals surface area contributed by atoms with E-state index in [9.17, 15) is 4.79 Å². The van der Waals surface area contributed by atoms with Gasteiger partial charge in [0, 0.05) is 19.6 Å². The molecule has 0 unspecified atom stereocenters. The third-order valence-corrected chi connectivity index (χ3v) is 5.36. The van der Waals surface area contributed by atoms with Crippen molar-refractivity contribution in [3.8, 4) is 5.75 Å². The topological polar surface area (TPSA) is 52.8 Å². The number of thiazole rings is 1. The van der Waals surface area contributed by atoms with Gasteiger partial charge >= 0.3 is 0 Å². The van der Waals surface area contributed by atoms with Crippen LogP contribution in [0.1, 0.15) is 25.8 Å². The first-order valence-electron chi connectivity index (χ1n) is 9.66. The summed E-state index contributed by atoms with van der Waals surface area (Å²) in [7, 11) is 0. The Bertz CT molecular complexity index is 976. The number of carbonyl (C=O) groups excluding carboxylic acids is 1. The number of hydrogen-bond acceptors (Lipinski definition) is 4. The van der Waals surface area contributed by atoms with E-state index in [1.807, 2.05) is 62.4 Å². The van der Waals surface area contributed by atoms with Crippen molar-refractivity contribution in [2.45, 2.75) is 33.2 Å². The van der Waals surface area contributed by atoms with Crippen LogP contribution in [-0.2, 0) is 22.5 Å². The van der Waals surface area contributed by atoms with Gasteiger partial charge in [0.2, 0.25) is 5.91 Å². The van der Waals surface area contributed by atoms with Gasteiger partial charge in [-0.1, -0.05) is 41.7 Å². The van der Waals surface area contributed by atoms with E-state index in [0.29, 0.717) is 44.0 Å². The fourth-order valence-corrected chi connectivity index (χ4v) is 4.07. The number of fused-ring (bicyclic) bond motifs is 1. The van der Waals surface area contributed by atoms with Crippen molar-refractivity contribution in [2.24, 2.45) is 4.99 Å². The molecule has 0 fully saturated rings. The number of ether oxygens (including phenoxy) is 2. The molecule has 0 spiro atoms. The van der Waals surface area contributed by atoms with Crippen molar-refractivity contribution < 1.29 is 14.3 Å². The molecule has 3 aromatic rings. The maximum Gasteiger partial charge on any atom is 0.248 e. The lowest BCUT2D eigenvalue weighted by atomic mass is 10.1. The Hall–Kier alpha value is -2.44. The quantitative estimate of drug-likeness (QED) is 0.508. The highest BCUT2D eigenvalue weighted by atomic mass is 32.1. The molecule has 6 heteroatoms. The predicted molar refractivity (Wildman–Crippen MR) is 113 cm³/mol. The molecule has 0 aliphatic heterocycles. The summed E-state index contributed by atoms with van der Waals surface area (Å²) in [6.07, 6.45) is 1.09. The molecule has 3 rings (SSSR count). The minimum atomic E-state index is -0.106. The first-order chi connectivity index (χ1) is 13.7. The number of aryl methyl sites for hydroxylation is 1. The molecule has 0 N–H and O–H groups in total. The normalized spacial score (nSPS) is 11.9. The van der Waals surface area contributed by atoms with Gasteiger partial charge in [0.25, 0.3) is 0 Å². The Morgan fingerprint density at radius 3 is 2.68 bits per heavy atom. The van der Waals surface area contributed by atoms with E-state index in [2.05, 4.69) is 9.56 Å². The summed E-state index contributed by atoms with van der Waals surface area (Å²) < 4.78 is 14.2. The van der Waals surface area contributed by atoms with Crippen molar-refractivity contribution >= 4 is 27.5 Å². The summed E-state index contributed by atoms with van der Waals surface area (Å²) >= 11 is 1.51. The van der Waals surface area contributed by atoms with Gasteiger partial charge in [0.1, 0.15) is 5.75 Å². The van der Waals surface area contributed by atoms with Crippen LogP contribution in [0, 0.1) is 0 Å². The summed E-state index contributed by atoms with van der Waals surface area (Å²) in [6.45, 7) is 6.47. The molecule has 0 aliphatic carbocycles. The van der Waals surface area contributed by atoms with Crippen molar-refractivity contribution in [3.63, 3.8) is 0 Å². The summed E-state index contributed by atoms with van der Waals surface area (Å²) in [6, 6.07) is 16.0. The molecule has 28 heavy (non-hydrogen) atoms. The molecule has 0 atom stereocenters. The van der Waals surface area contributed by atoms with Crippen molar-refractivity contribution in [1.82, 2.24) is 4.57 Å². The summed E-state index contributed by atoms with van der Waals surface area (Å²) in [5, 5.41) is 0. The average molecular weight is 399 g/mol. The first-order valence-corrected chi connectivity index (χ1v) is 10.5. The van der Waals surface area contributed by atoms with E-state index < -0.39 is 0 Å². The second kappa shape index (κ2) is 10.2. The van der Waals surface area contributed by atoms with Crippen LogP contribution in [0.15, 0.2) is 53.5 Å². The second-order valence-corrected chi connectivity index (χ2v) is 7.30. The van der Waals surface area contributed by atoms with E-state index >= 15 is 0 Å². The Morgan fingerprint density at radius 2 is 1.93 bits per heavy atom. The van der Waals surface area contributed by atoms with Crippen LogP contribution in [0.2, 0.25) is 0 Å². The smallest absolute Gasteiger partial charge is 0.248 e. The van der Waals surface area contributed by atoms with Crippen molar-refractivity contribution in [1.29, 1.82) is 0 Å². The van der Waals surface area contributed by atoms with Gasteiger partial charge < -0.3 is 14.0 Å². The van der Waals surface area contributed by atoms with E-state index in [-0.39, 0.29) is 5.91 Å². The molecule has 2 aromatic carbocycles. The number of aromatic nitrogens is 1. The second-order valence-electron chi connectivity index (χ2n) is 6.29. The highest BCUT2D eigenvalue weighted by Crippen LogP contribution is 2.23. The molecule has 0 saturated carbocycles. The number of benzene rings is 2. The zero-order chi connectivity index (χ0) is 19.8. The summed E-state index contributed by atoms with van der Waals surface area (Å²) in [5.41, 5.74) is 2.19. The molecule has 0 saturated heterocycles. The lowest BCUT2D eigenvalue weighted by Crippen LogP contribution is -2.19. The van der Waals surface area contributed by atoms with Crippen LogP contribution >= 0.6 is 11.3 Å². The molecule has 0 bridgehead atoms. The number of amides is 1. The summed E-state index contributed by atoms with van der Waals surface area (Å²) in [5.74, 6) is 0.723. The first kappa shape index (κ1) is 20.3. The molecule has 1 aromatic heterocycles. The van der Waals surface area contributed by atoms with Crippen LogP contribution in [-0.4, -0.2) is 30.3 Å². The number of nitrogens with zero attached hydrogens (tertiary/aromatic N) is 2. The van der Waals surface area contributed by atoms with Gasteiger partial charge in [0.05, 0.1) is 23.4 Å². The van der Waals surface area contributed by atoms with Gasteiger partial charge in [-0.2, -0.15) is 4.99 Å². The van der Waals surface area contributed by atoms with Gasteiger partial charge in [-0.25, -0.2) is 0 Å². The van der Waals surface area contributed by atoms with Crippen LogP contribution in [0.4, 0.5) is 0 Å². The Morgan fingerprint density at radius 1 is 1.11 bits per heavy atom. The van der Waals surface area contributed by atoms with Gasteiger partial charge in [-0.3, -0.25) is 4.79 Å². The van der Waals surface area contributed by atoms with E-state index in [1.54, 1.807) is 0 Å². The van der Waals surface area contributed by atoms with Crippen LogP contribution in [0.5, 0.6) is 5.75 Å². The molecule has 1 amide bonds. The molecular weight excluding hydrogens is 372 g/mol. The van der Waals surface area contributed by atoms with Gasteiger partial charge in [0.15, 0.2) is 4.80 Å². The zero-order valence-electron chi connectivity index (χ0n) is 16.4. The van der Waals surface area contributed by atoms with Crippen molar-refractivity contribution in [2.75, 3.05) is 19.8 Å². The highest BCUT2D eigenvalue weighted by Gasteiger charge is 2.09. The third-order valence-electron chi connectivity index (χ3n) is 4.32. The van der Waals surface area contributed by atoms with Crippen molar-refractivity contribution in [3.05, 3.63) is 58.9 Å². The molecule has 0 radical (unpaired) electrons. The standard InChI is InChI=1S/C22H26N2O3S/c1-3-26-15-14-24-19-12-11-18(27-4-2)16-20(19)28-22(24)23-21(25)13-10-17-8-6-5-7-9-17/h5-9,11-12,16H,3-4,10,13-15H2,1-2H3. The largest absolute Gasteiger partial charge is 0.494 e. The highest BCUT2D eigenvalue weighted by molar-refractivity contribution is 7.16. The van der Waals surface area contributed by atoms with E-state index in [1.165, 1.54) is 11.3 Å². The van der Waals surface area contributed by atoms with E-state index in [4.69, 9.17) is 9.47 Å². The molecule has 0 aliphatic rings. The summed E-state index contributed by atoms with van der Waals surface area (Å²) in [4.78, 5) is 17.6. The predicted octanol–water partition coefficient (Wildman–Crippen LogP) is 4.20. The lowest BCUT2D eigenvalue weighted by molar-refractivity contribution is -0.118.